The Bertz CT molecular complexity index is 228. The predicted octanol–water partition coefficient (Wildman–Crippen LogP) is 0.319. The van der Waals surface area contributed by atoms with Crippen molar-refractivity contribution in [1.82, 2.24) is 0 Å². The lowest BCUT2D eigenvalue weighted by molar-refractivity contribution is -0.671. The van der Waals surface area contributed by atoms with Gasteiger partial charge in [0, 0.05) is 17.7 Å². The Balaban J connectivity index is 2.89. The maximum Gasteiger partial charge on any atom is 0.169 e. The summed E-state index contributed by atoms with van der Waals surface area (Å²) in [7, 11) is 1.93. The average Bonchev–Trinajstić information content (AvgIpc) is 1.95. The molecule has 0 saturated carbocycles. The van der Waals surface area contributed by atoms with Crippen molar-refractivity contribution in [3.05, 3.63) is 30.1 Å². The summed E-state index contributed by atoms with van der Waals surface area (Å²) in [5.41, 5.74) is 0.889. The minimum atomic E-state index is 0.889. The molecular weight excluding hydrogens is 128 g/mol. The van der Waals surface area contributed by atoms with Crippen molar-refractivity contribution in [2.24, 2.45) is 12.2 Å². The Labute approximate surface area is 59.2 Å². The van der Waals surface area contributed by atoms with Gasteiger partial charge in [-0.15, -0.1) is 0 Å². The predicted molar refractivity (Wildman–Crippen MR) is 37.0 cm³/mol. The van der Waals surface area contributed by atoms with Crippen LogP contribution in [0.1, 0.15) is 5.56 Å². The maximum absolute atomic E-state index is 8.15. The summed E-state index contributed by atoms with van der Waals surface area (Å²) in [6.45, 7) is 0. The summed E-state index contributed by atoms with van der Waals surface area (Å²) < 4.78 is 1.91. The molecular formula is C7H9N2O+. The van der Waals surface area contributed by atoms with Gasteiger partial charge in [-0.1, -0.05) is 5.16 Å². The molecule has 1 heterocycles. The van der Waals surface area contributed by atoms with E-state index in [4.69, 9.17) is 5.21 Å². The normalized spacial score (nSPS) is 10.5. The van der Waals surface area contributed by atoms with Gasteiger partial charge >= 0.3 is 0 Å². The Morgan fingerprint density at radius 2 is 2.10 bits per heavy atom. The van der Waals surface area contributed by atoms with Gasteiger partial charge in [-0.25, -0.2) is 4.57 Å². The highest BCUT2D eigenvalue weighted by molar-refractivity contribution is 5.78. The van der Waals surface area contributed by atoms with Crippen molar-refractivity contribution in [3.8, 4) is 0 Å². The number of aromatic nitrogens is 1. The first-order chi connectivity index (χ1) is 4.83. The van der Waals surface area contributed by atoms with Crippen LogP contribution in [0.5, 0.6) is 0 Å². The van der Waals surface area contributed by atoms with Gasteiger partial charge in [0.1, 0.15) is 7.05 Å². The van der Waals surface area contributed by atoms with E-state index >= 15 is 0 Å². The van der Waals surface area contributed by atoms with Crippen LogP contribution >= 0.6 is 0 Å². The van der Waals surface area contributed by atoms with Gasteiger partial charge in [0.05, 0.1) is 6.21 Å². The Kier molecular flexibility index (Phi) is 1.99. The van der Waals surface area contributed by atoms with E-state index in [2.05, 4.69) is 5.16 Å². The minimum Gasteiger partial charge on any atom is -0.411 e. The van der Waals surface area contributed by atoms with Crippen LogP contribution in [0, 0.1) is 0 Å². The largest absolute Gasteiger partial charge is 0.411 e. The van der Waals surface area contributed by atoms with E-state index in [-0.39, 0.29) is 0 Å². The van der Waals surface area contributed by atoms with Gasteiger partial charge in [-0.3, -0.25) is 0 Å². The van der Waals surface area contributed by atoms with E-state index in [0.717, 1.165) is 5.56 Å². The summed E-state index contributed by atoms with van der Waals surface area (Å²) in [5.74, 6) is 0. The summed E-state index contributed by atoms with van der Waals surface area (Å²) >= 11 is 0. The molecule has 1 aromatic heterocycles. The molecule has 1 aromatic rings. The number of oxime groups is 1. The van der Waals surface area contributed by atoms with Crippen molar-refractivity contribution < 1.29 is 9.77 Å². The number of rotatable bonds is 1. The second-order valence-corrected chi connectivity index (χ2v) is 2.04. The smallest absolute Gasteiger partial charge is 0.169 e. The van der Waals surface area contributed by atoms with Crippen molar-refractivity contribution in [2.75, 3.05) is 0 Å². The lowest BCUT2D eigenvalue weighted by atomic mass is 10.3. The lowest BCUT2D eigenvalue weighted by Crippen LogP contribution is -2.25. The second-order valence-electron chi connectivity index (χ2n) is 2.04. The number of aryl methyl sites for hydroxylation is 1. The van der Waals surface area contributed by atoms with Crippen LogP contribution in [0.15, 0.2) is 29.7 Å². The number of nitrogens with zero attached hydrogens (tertiary/aromatic N) is 2. The molecule has 0 unspecified atom stereocenters. The van der Waals surface area contributed by atoms with Crippen LogP contribution in [0.4, 0.5) is 0 Å². The monoisotopic (exact) mass is 137 g/mol. The van der Waals surface area contributed by atoms with E-state index in [0.29, 0.717) is 0 Å². The van der Waals surface area contributed by atoms with Crippen LogP contribution in [-0.2, 0) is 7.05 Å². The van der Waals surface area contributed by atoms with Crippen molar-refractivity contribution in [1.29, 1.82) is 0 Å². The molecule has 10 heavy (non-hydrogen) atoms. The van der Waals surface area contributed by atoms with E-state index in [1.807, 2.05) is 36.1 Å². The molecule has 3 nitrogen and oxygen atoms in total. The molecule has 52 valence electrons. The van der Waals surface area contributed by atoms with E-state index in [1.165, 1.54) is 6.21 Å². The maximum atomic E-state index is 8.15. The summed E-state index contributed by atoms with van der Waals surface area (Å²) in [5, 5.41) is 11.1. The zero-order valence-corrected chi connectivity index (χ0v) is 5.73. The molecule has 3 heteroatoms. The zero-order valence-electron chi connectivity index (χ0n) is 5.73. The first-order valence-corrected chi connectivity index (χ1v) is 2.95. The SMILES string of the molecule is C[n+]1ccc(/C=N/O)cc1. The zero-order chi connectivity index (χ0) is 7.40. The fourth-order valence-corrected chi connectivity index (χ4v) is 0.665. The molecule has 0 aliphatic heterocycles. The standard InChI is InChI=1S/C7H8N2O/c1-9-4-2-7(3-5-9)6-8-10/h2-6H,1H3/p+1. The molecule has 0 amide bonds. The highest BCUT2D eigenvalue weighted by Gasteiger charge is 1.90. The van der Waals surface area contributed by atoms with E-state index < -0.39 is 0 Å². The van der Waals surface area contributed by atoms with Gasteiger partial charge in [-0.05, 0) is 0 Å². The summed E-state index contributed by atoms with van der Waals surface area (Å²) in [6, 6.07) is 3.72. The molecule has 0 spiro atoms. The third-order valence-corrected chi connectivity index (χ3v) is 1.21. The van der Waals surface area contributed by atoms with Crippen LogP contribution in [0.3, 0.4) is 0 Å². The lowest BCUT2D eigenvalue weighted by Gasteiger charge is -1.86. The fourth-order valence-electron chi connectivity index (χ4n) is 0.665. The fraction of sp³-hybridized carbons (Fsp3) is 0.143. The first kappa shape index (κ1) is 6.74. The van der Waals surface area contributed by atoms with Crippen LogP contribution in [0.2, 0.25) is 0 Å². The molecule has 0 aliphatic carbocycles. The van der Waals surface area contributed by atoms with E-state index in [1.54, 1.807) is 0 Å². The van der Waals surface area contributed by atoms with Crippen molar-refractivity contribution in [3.63, 3.8) is 0 Å². The number of pyridine rings is 1. The van der Waals surface area contributed by atoms with Crippen molar-refractivity contribution in [2.45, 2.75) is 0 Å². The van der Waals surface area contributed by atoms with Gasteiger partial charge in [-0.2, -0.15) is 0 Å². The molecule has 0 bridgehead atoms. The van der Waals surface area contributed by atoms with Gasteiger partial charge < -0.3 is 5.21 Å². The average molecular weight is 137 g/mol. The molecule has 0 radical (unpaired) electrons. The van der Waals surface area contributed by atoms with Gasteiger partial charge in [0.15, 0.2) is 12.4 Å². The summed E-state index contributed by atoms with van der Waals surface area (Å²) in [6.07, 6.45) is 5.16. The van der Waals surface area contributed by atoms with Gasteiger partial charge in [0.25, 0.3) is 0 Å². The minimum absolute atomic E-state index is 0.889. The van der Waals surface area contributed by atoms with Crippen molar-refractivity contribution >= 4 is 6.21 Å². The Morgan fingerprint density at radius 3 is 2.60 bits per heavy atom. The molecule has 0 fully saturated rings. The quantitative estimate of drug-likeness (QED) is 0.257. The van der Waals surface area contributed by atoms with Crippen LogP contribution in [-0.4, -0.2) is 11.4 Å². The molecule has 0 saturated heterocycles. The molecule has 0 aromatic carbocycles. The third-order valence-electron chi connectivity index (χ3n) is 1.21. The molecule has 0 aliphatic rings. The molecule has 0 atom stereocenters. The van der Waals surface area contributed by atoms with Gasteiger partial charge in [0.2, 0.25) is 0 Å². The topological polar surface area (TPSA) is 36.5 Å². The Morgan fingerprint density at radius 1 is 1.50 bits per heavy atom. The highest BCUT2D eigenvalue weighted by Crippen LogP contribution is 1.88. The van der Waals surface area contributed by atoms with Crippen LogP contribution in [0.25, 0.3) is 0 Å². The highest BCUT2D eigenvalue weighted by atomic mass is 16.4. The van der Waals surface area contributed by atoms with Crippen LogP contribution < -0.4 is 4.57 Å². The summed E-state index contributed by atoms with van der Waals surface area (Å²) in [4.78, 5) is 0. The molecule has 1 N–H and O–H groups in total. The number of hydrogen-bond donors (Lipinski definition) is 1. The number of hydrogen-bond acceptors (Lipinski definition) is 2. The first-order valence-electron chi connectivity index (χ1n) is 2.95. The molecule has 1 rings (SSSR count). The Hall–Kier alpha value is -1.38. The third kappa shape index (κ3) is 1.55. The second kappa shape index (κ2) is 2.96. The van der Waals surface area contributed by atoms with E-state index in [9.17, 15) is 0 Å².